The second-order valence-electron chi connectivity index (χ2n) is 15.7. The van der Waals surface area contributed by atoms with Crippen molar-refractivity contribution in [3.05, 3.63) is 168 Å². The molecule has 0 N–H and O–H groups in total. The number of halogens is 1. The average Bonchev–Trinajstić information content (AvgIpc) is 3.56. The number of pyridine rings is 2. The van der Waals surface area contributed by atoms with E-state index >= 15 is 0 Å². The number of rotatable bonds is 7. The summed E-state index contributed by atoms with van der Waals surface area (Å²) in [6, 6.07) is 45.2. The molecule has 0 saturated carbocycles. The third kappa shape index (κ3) is 9.50. The van der Waals surface area contributed by atoms with E-state index in [-0.39, 0.29) is 25.9 Å². The van der Waals surface area contributed by atoms with Gasteiger partial charge in [0.25, 0.3) is 0 Å². The fourth-order valence-electron chi connectivity index (χ4n) is 6.69. The number of hydrogen-bond donors (Lipinski definition) is 0. The predicted octanol–water partition coefficient (Wildman–Crippen LogP) is 12.3. The molecule has 0 aliphatic carbocycles. The third-order valence-electron chi connectivity index (χ3n) is 9.55. The Bertz CT molecular complexity index is 2670. The van der Waals surface area contributed by atoms with Crippen molar-refractivity contribution in [3.8, 4) is 33.6 Å². The third-order valence-corrected chi connectivity index (χ3v) is 17.3. The minimum atomic E-state index is -1.77. The Labute approximate surface area is 349 Å². The Morgan fingerprint density at radius 2 is 1.53 bits per heavy atom. The summed E-state index contributed by atoms with van der Waals surface area (Å²) in [5.74, 6) is 6.95. The van der Waals surface area contributed by atoms with E-state index in [0.717, 1.165) is 48.1 Å². The minimum Gasteiger partial charge on any atom is -0.305 e. The molecule has 1 radical (unpaired) electrons. The fourth-order valence-corrected chi connectivity index (χ4v) is 12.7. The van der Waals surface area contributed by atoms with Gasteiger partial charge in [0.15, 0.2) is 0 Å². The number of aromatic nitrogens is 2. The summed E-state index contributed by atoms with van der Waals surface area (Å²) in [5, 5.41) is 3.54. The van der Waals surface area contributed by atoms with Crippen molar-refractivity contribution in [2.45, 2.75) is 50.2 Å². The van der Waals surface area contributed by atoms with Crippen LogP contribution in [0.2, 0.25) is 36.9 Å². The van der Waals surface area contributed by atoms with Crippen LogP contribution in [0.1, 0.15) is 19.4 Å². The fraction of sp³-hybridized carbons (Fsp3) is 0.167. The Morgan fingerprint density at radius 1 is 0.745 bits per heavy atom. The number of nitrogens with zero attached hydrogens (tertiary/aromatic N) is 2. The maximum absolute atomic E-state index is 13.8. The molecule has 3 aromatic heterocycles. The summed E-state index contributed by atoms with van der Waals surface area (Å²) in [7, 11) is -1.47. The summed E-state index contributed by atoms with van der Waals surface area (Å²) in [5.41, 5.74) is 8.03. The first kappa shape index (κ1) is 37.9. The van der Waals surface area contributed by atoms with Gasteiger partial charge in [0.1, 0.15) is 5.82 Å². The second-order valence-corrected chi connectivity index (χ2v) is 32.4. The van der Waals surface area contributed by atoms with Crippen LogP contribution < -0.4 is 9.58 Å². The number of benzene rings is 5. The summed E-state index contributed by atoms with van der Waals surface area (Å²) in [6.45, 7) is 9.07. The number of hydrogen-bond acceptors (Lipinski definition) is 3. The van der Waals surface area contributed by atoms with Gasteiger partial charge < -0.3 is 4.98 Å². The molecule has 7 heteroatoms. The molecule has 279 valence electrons. The largest absolute Gasteiger partial charge is 0.305 e. The van der Waals surface area contributed by atoms with Gasteiger partial charge in [-0.15, -0.1) is 23.8 Å². The molecule has 0 atom stereocenters. The standard InChI is InChI=1S/C33H27FNSSi.C15H18GeN.Ir/c1-37(2,3)27-13-10-22(11-14-27)18-23-16-17-35-31(19-23)30-9-5-8-29-28-15-12-25(21-32(28)36-33(29)30)24-6-4-7-26(34)20-24;1-12-10-15(13-8-6-5-7-9-13)17-11-14(12)16(2,3)4;/h4-8,10-17,19-21H,18H2,1-3H3;5-8,10-11H,1-4H3;/q2*-1;/i18D2;;. The molecule has 2 nitrogen and oxygen atoms in total. The zero-order valence-corrected chi connectivity index (χ0v) is 38.5. The summed E-state index contributed by atoms with van der Waals surface area (Å²) >= 11 is -0.118. The van der Waals surface area contributed by atoms with Crippen LogP contribution in [0, 0.1) is 24.9 Å². The van der Waals surface area contributed by atoms with Gasteiger partial charge in [0.2, 0.25) is 0 Å². The maximum Gasteiger partial charge on any atom is 0.123 e. The molecule has 0 aliphatic heterocycles. The molecular formula is C48H45FGeIrN2SSi-2. The van der Waals surface area contributed by atoms with Gasteiger partial charge in [-0.25, -0.2) is 4.39 Å². The van der Waals surface area contributed by atoms with E-state index in [0.29, 0.717) is 16.8 Å². The van der Waals surface area contributed by atoms with Gasteiger partial charge in [-0.1, -0.05) is 84.8 Å². The minimum absolute atomic E-state index is 0. The van der Waals surface area contributed by atoms with Crippen LogP contribution >= 0.6 is 11.3 Å². The molecule has 55 heavy (non-hydrogen) atoms. The van der Waals surface area contributed by atoms with Crippen LogP contribution in [-0.2, 0) is 26.5 Å². The SMILES string of the molecule is Cc1cc(-c2[c-]cccc2)nc[c]1[Ge]([CH3])([CH3])[CH3].[2H]C([2H])(c1ccc([Si](C)(C)C)cc1)c1ccnc(-c2[c-]ccc3c2sc2cc(-c4cccc(F)c4)ccc23)c1.[Ir]. The zero-order chi connectivity index (χ0) is 39.8. The zero-order valence-electron chi connectivity index (χ0n) is 34.2. The molecule has 0 unspecified atom stereocenters. The molecular weight excluding hydrogens is 949 g/mol. The molecule has 0 spiro atoms. The summed E-state index contributed by atoms with van der Waals surface area (Å²) in [6.07, 6.45) is 2.09. The smallest absolute Gasteiger partial charge is 0.123 e. The Hall–Kier alpha value is -4.04. The van der Waals surface area contributed by atoms with Gasteiger partial charge >= 0.3 is 106 Å². The first-order valence-corrected chi connectivity index (χ1v) is 29.9. The van der Waals surface area contributed by atoms with Crippen molar-refractivity contribution >= 4 is 62.4 Å². The summed E-state index contributed by atoms with van der Waals surface area (Å²) in [4.78, 5) is 9.22. The number of fused-ring (bicyclic) bond motifs is 3. The van der Waals surface area contributed by atoms with Crippen LogP contribution in [0.15, 0.2) is 134 Å². The molecule has 0 amide bonds. The van der Waals surface area contributed by atoms with Crippen molar-refractivity contribution in [2.75, 3.05) is 0 Å². The topological polar surface area (TPSA) is 25.8 Å². The van der Waals surface area contributed by atoms with Crippen LogP contribution in [0.4, 0.5) is 4.39 Å². The van der Waals surface area contributed by atoms with E-state index in [1.807, 2.05) is 54.6 Å². The van der Waals surface area contributed by atoms with Gasteiger partial charge in [0, 0.05) is 33.7 Å². The van der Waals surface area contributed by atoms with E-state index in [1.54, 1.807) is 35.7 Å². The average molecular weight is 996 g/mol. The quantitative estimate of drug-likeness (QED) is 0.117. The molecule has 0 aliphatic rings. The van der Waals surface area contributed by atoms with E-state index in [9.17, 15) is 4.39 Å². The van der Waals surface area contributed by atoms with Crippen molar-refractivity contribution < 1.29 is 27.2 Å². The Morgan fingerprint density at radius 3 is 2.22 bits per heavy atom. The van der Waals surface area contributed by atoms with Crippen LogP contribution in [0.25, 0.3) is 53.8 Å². The van der Waals surface area contributed by atoms with Crippen molar-refractivity contribution in [1.82, 2.24) is 9.97 Å². The Balaban J connectivity index is 0.000000256. The molecule has 0 fully saturated rings. The van der Waals surface area contributed by atoms with Gasteiger partial charge in [-0.05, 0) is 68.7 Å². The molecule has 0 saturated heterocycles. The molecule has 5 aromatic carbocycles. The summed E-state index contributed by atoms with van der Waals surface area (Å²) < 4.78 is 35.4. The van der Waals surface area contributed by atoms with Crippen LogP contribution in [-0.4, -0.2) is 31.3 Å². The molecule has 8 rings (SSSR count). The van der Waals surface area contributed by atoms with E-state index in [4.69, 9.17) is 2.74 Å². The van der Waals surface area contributed by atoms with Crippen LogP contribution in [0.5, 0.6) is 0 Å². The van der Waals surface area contributed by atoms with E-state index < -0.39 is 27.7 Å². The Kier molecular flexibility index (Phi) is 11.7. The molecule has 0 bridgehead atoms. The van der Waals surface area contributed by atoms with E-state index in [2.05, 4.69) is 115 Å². The first-order valence-electron chi connectivity index (χ1n) is 19.2. The van der Waals surface area contributed by atoms with Gasteiger partial charge in [-0.3, -0.25) is 0 Å². The normalized spacial score (nSPS) is 12.4. The van der Waals surface area contributed by atoms with Crippen molar-refractivity contribution in [3.63, 3.8) is 0 Å². The predicted molar refractivity (Wildman–Crippen MR) is 235 cm³/mol. The van der Waals surface area contributed by atoms with Gasteiger partial charge in [-0.2, -0.15) is 11.3 Å². The number of thiophene rings is 1. The van der Waals surface area contributed by atoms with E-state index in [1.165, 1.54) is 21.2 Å². The van der Waals surface area contributed by atoms with Crippen LogP contribution in [0.3, 0.4) is 0 Å². The number of aryl methyl sites for hydroxylation is 1. The molecule has 3 heterocycles. The van der Waals surface area contributed by atoms with Crippen molar-refractivity contribution in [1.29, 1.82) is 0 Å². The molecule has 8 aromatic rings. The maximum atomic E-state index is 13.8. The monoisotopic (exact) mass is 997 g/mol. The second kappa shape index (κ2) is 17.0. The van der Waals surface area contributed by atoms with Crippen molar-refractivity contribution in [2.24, 2.45) is 0 Å². The van der Waals surface area contributed by atoms with Gasteiger partial charge in [0.05, 0.1) is 8.07 Å². The first-order chi connectivity index (χ1) is 26.6.